The second-order valence-corrected chi connectivity index (χ2v) is 11.8. The van der Waals surface area contributed by atoms with Gasteiger partial charge in [-0.25, -0.2) is 4.79 Å². The molecule has 0 heterocycles. The average molecular weight is 443 g/mol. The molecule has 0 aromatic carbocycles. The average Bonchev–Trinajstić information content (AvgIpc) is 3.05. The normalized spacial score (nSPS) is 50.8. The summed E-state index contributed by atoms with van der Waals surface area (Å²) in [6.07, 6.45) is 5.72. The SMILES string of the molecule is CC[C@@H]1C2C[C@H](O)CC[C@]2(C)C2CC[C@@]3(C)C(CC[C@@H]3[C@H](C)C(F)(F)C(=O)O)C2[C@@H]1O. The molecule has 0 saturated heterocycles. The van der Waals surface area contributed by atoms with Crippen LogP contribution < -0.4 is 0 Å². The fourth-order valence-corrected chi connectivity index (χ4v) is 9.27. The van der Waals surface area contributed by atoms with Crippen molar-refractivity contribution in [3.05, 3.63) is 0 Å². The van der Waals surface area contributed by atoms with E-state index in [1.54, 1.807) is 0 Å². The zero-order chi connectivity index (χ0) is 22.9. The zero-order valence-corrected chi connectivity index (χ0v) is 19.4. The van der Waals surface area contributed by atoms with Gasteiger partial charge in [-0.3, -0.25) is 0 Å². The van der Waals surface area contributed by atoms with E-state index in [1.807, 2.05) is 0 Å². The third-order valence-corrected chi connectivity index (χ3v) is 10.9. The van der Waals surface area contributed by atoms with Gasteiger partial charge in [-0.2, -0.15) is 8.78 Å². The summed E-state index contributed by atoms with van der Waals surface area (Å²) < 4.78 is 29.0. The van der Waals surface area contributed by atoms with Crippen LogP contribution in [0.1, 0.15) is 79.1 Å². The Balaban J connectivity index is 1.68. The molecule has 0 aromatic heterocycles. The van der Waals surface area contributed by atoms with Gasteiger partial charge < -0.3 is 15.3 Å². The van der Waals surface area contributed by atoms with Crippen molar-refractivity contribution in [1.29, 1.82) is 0 Å². The lowest BCUT2D eigenvalue weighted by Gasteiger charge is -2.64. The minimum Gasteiger partial charge on any atom is -0.477 e. The second kappa shape index (κ2) is 7.65. The number of carboxylic acid groups (broad SMARTS) is 1. The van der Waals surface area contributed by atoms with Crippen molar-refractivity contribution in [1.82, 2.24) is 0 Å². The van der Waals surface area contributed by atoms with Crippen LogP contribution >= 0.6 is 0 Å². The quantitative estimate of drug-likeness (QED) is 0.574. The molecule has 11 atom stereocenters. The van der Waals surface area contributed by atoms with Crippen LogP contribution in [0.4, 0.5) is 8.78 Å². The lowest BCUT2D eigenvalue weighted by atomic mass is 9.41. The minimum absolute atomic E-state index is 0.0693. The number of halogens is 2. The highest BCUT2D eigenvalue weighted by Gasteiger charge is 2.66. The van der Waals surface area contributed by atoms with Crippen LogP contribution in [0.5, 0.6) is 0 Å². The Labute approximate surface area is 184 Å². The predicted molar refractivity (Wildman–Crippen MR) is 114 cm³/mol. The Bertz CT molecular complexity index is 714. The van der Waals surface area contributed by atoms with Crippen molar-refractivity contribution in [2.75, 3.05) is 0 Å². The molecule has 3 N–H and O–H groups in total. The number of aliphatic carboxylic acids is 1. The van der Waals surface area contributed by atoms with E-state index >= 15 is 0 Å². The number of hydrogen-bond donors (Lipinski definition) is 3. The Morgan fingerprint density at radius 3 is 2.26 bits per heavy atom. The molecule has 6 heteroatoms. The maximum Gasteiger partial charge on any atom is 0.374 e. The Morgan fingerprint density at radius 2 is 1.65 bits per heavy atom. The molecule has 0 aromatic rings. The van der Waals surface area contributed by atoms with Crippen LogP contribution in [0, 0.1) is 52.3 Å². The highest BCUT2D eigenvalue weighted by molar-refractivity contribution is 5.75. The van der Waals surface area contributed by atoms with Gasteiger partial charge in [0.05, 0.1) is 12.2 Å². The minimum atomic E-state index is -3.73. The van der Waals surface area contributed by atoms with Crippen molar-refractivity contribution in [2.45, 2.75) is 97.2 Å². The first-order valence-corrected chi connectivity index (χ1v) is 12.4. The van der Waals surface area contributed by atoms with E-state index in [1.165, 1.54) is 6.92 Å². The topological polar surface area (TPSA) is 77.8 Å². The number of carboxylic acids is 1. The lowest BCUT2D eigenvalue weighted by Crippen LogP contribution is -2.62. The molecule has 4 aliphatic carbocycles. The molecule has 4 fully saturated rings. The van der Waals surface area contributed by atoms with Crippen molar-refractivity contribution in [3.63, 3.8) is 0 Å². The summed E-state index contributed by atoms with van der Waals surface area (Å²) in [5, 5.41) is 31.1. The van der Waals surface area contributed by atoms with E-state index in [2.05, 4.69) is 20.8 Å². The van der Waals surface area contributed by atoms with Gasteiger partial charge in [-0.15, -0.1) is 0 Å². The molecule has 31 heavy (non-hydrogen) atoms. The van der Waals surface area contributed by atoms with Gasteiger partial charge >= 0.3 is 11.9 Å². The number of hydrogen-bond acceptors (Lipinski definition) is 3. The zero-order valence-electron chi connectivity index (χ0n) is 19.4. The fraction of sp³-hybridized carbons (Fsp3) is 0.960. The van der Waals surface area contributed by atoms with Crippen LogP contribution in [0.3, 0.4) is 0 Å². The molecule has 0 bridgehead atoms. The molecule has 4 nitrogen and oxygen atoms in total. The summed E-state index contributed by atoms with van der Waals surface area (Å²) in [5.74, 6) is -6.33. The van der Waals surface area contributed by atoms with Crippen LogP contribution in [-0.2, 0) is 4.79 Å². The summed E-state index contributed by atoms with van der Waals surface area (Å²) in [6.45, 7) is 7.97. The smallest absolute Gasteiger partial charge is 0.374 e. The van der Waals surface area contributed by atoms with E-state index in [0.717, 1.165) is 44.9 Å². The van der Waals surface area contributed by atoms with Crippen LogP contribution in [-0.4, -0.2) is 39.4 Å². The lowest BCUT2D eigenvalue weighted by molar-refractivity contribution is -0.208. The predicted octanol–water partition coefficient (Wildman–Crippen LogP) is 4.97. The summed E-state index contributed by atoms with van der Waals surface area (Å²) in [6, 6.07) is 0. The molecule has 0 spiro atoms. The molecule has 4 aliphatic rings. The van der Waals surface area contributed by atoms with Gasteiger partial charge in [0.2, 0.25) is 0 Å². The second-order valence-electron chi connectivity index (χ2n) is 11.8. The standard InChI is InChI=1S/C25H40F2O4/c1-5-15-19-12-14(28)8-10-24(19,4)18-9-11-23(3)16(13(2)25(26,27)22(30)31)6-7-17(23)20(18)21(15)29/h13-21,28-29H,5-12H2,1-4H3,(H,30,31)/t13-,14+,15+,16+,17?,18?,19?,20?,21+,23+,24+/m0/s1. The number of alkyl halides is 2. The third-order valence-electron chi connectivity index (χ3n) is 10.9. The molecule has 0 radical (unpaired) electrons. The van der Waals surface area contributed by atoms with Gasteiger partial charge in [0.15, 0.2) is 0 Å². The van der Waals surface area contributed by atoms with E-state index in [9.17, 15) is 23.8 Å². The summed E-state index contributed by atoms with van der Waals surface area (Å²) in [4.78, 5) is 11.3. The van der Waals surface area contributed by atoms with Crippen molar-refractivity contribution in [3.8, 4) is 0 Å². The number of aliphatic hydroxyl groups is 2. The largest absolute Gasteiger partial charge is 0.477 e. The molecule has 0 aliphatic heterocycles. The first-order valence-electron chi connectivity index (χ1n) is 12.4. The highest BCUT2D eigenvalue weighted by atomic mass is 19.3. The number of fused-ring (bicyclic) bond motifs is 5. The van der Waals surface area contributed by atoms with E-state index in [0.29, 0.717) is 18.3 Å². The molecule has 4 unspecified atom stereocenters. The Morgan fingerprint density at radius 1 is 1.03 bits per heavy atom. The fourth-order valence-electron chi connectivity index (χ4n) is 9.27. The van der Waals surface area contributed by atoms with E-state index in [4.69, 9.17) is 5.11 Å². The highest BCUT2D eigenvalue weighted by Crippen LogP contribution is 2.69. The number of carbonyl (C=O) groups is 1. The number of rotatable bonds is 4. The molecule has 178 valence electrons. The van der Waals surface area contributed by atoms with E-state index in [-0.39, 0.29) is 40.6 Å². The van der Waals surface area contributed by atoms with E-state index < -0.39 is 23.9 Å². The molecule has 0 amide bonds. The van der Waals surface area contributed by atoms with Gasteiger partial charge in [0.1, 0.15) is 0 Å². The van der Waals surface area contributed by atoms with Crippen LogP contribution in [0.15, 0.2) is 0 Å². The summed E-state index contributed by atoms with van der Waals surface area (Å²) in [7, 11) is 0. The molecule has 4 rings (SSSR count). The first-order chi connectivity index (χ1) is 14.4. The Kier molecular flexibility index (Phi) is 5.77. The maximum absolute atomic E-state index is 14.5. The third kappa shape index (κ3) is 3.21. The van der Waals surface area contributed by atoms with Gasteiger partial charge in [-0.1, -0.05) is 34.1 Å². The van der Waals surface area contributed by atoms with Crippen molar-refractivity contribution in [2.24, 2.45) is 52.3 Å². The van der Waals surface area contributed by atoms with Crippen LogP contribution in [0.25, 0.3) is 0 Å². The van der Waals surface area contributed by atoms with Crippen molar-refractivity contribution >= 4 is 5.97 Å². The van der Waals surface area contributed by atoms with Gasteiger partial charge in [-0.05, 0) is 91.3 Å². The monoisotopic (exact) mass is 442 g/mol. The van der Waals surface area contributed by atoms with Gasteiger partial charge in [0, 0.05) is 5.92 Å². The van der Waals surface area contributed by atoms with Crippen molar-refractivity contribution < 1.29 is 28.9 Å². The maximum atomic E-state index is 14.5. The number of aliphatic hydroxyl groups excluding tert-OH is 2. The summed E-state index contributed by atoms with van der Waals surface area (Å²) in [5.41, 5.74) is -0.296. The first kappa shape index (κ1) is 23.4. The molecule has 4 saturated carbocycles. The Hall–Kier alpha value is -0.750. The summed E-state index contributed by atoms with van der Waals surface area (Å²) >= 11 is 0. The van der Waals surface area contributed by atoms with Gasteiger partial charge in [0.25, 0.3) is 0 Å². The van der Waals surface area contributed by atoms with Crippen LogP contribution in [0.2, 0.25) is 0 Å². The molecular formula is C25H40F2O4. The molecular weight excluding hydrogens is 402 g/mol.